The molecule has 5 heteroatoms. The zero-order valence-electron chi connectivity index (χ0n) is 10.1. The first kappa shape index (κ1) is 12.0. The normalized spacial score (nSPS) is 11.1. The van der Waals surface area contributed by atoms with Gasteiger partial charge >= 0.3 is 0 Å². The van der Waals surface area contributed by atoms with Crippen LogP contribution in [-0.2, 0) is 7.05 Å². The molecule has 3 rings (SSSR count). The Morgan fingerprint density at radius 3 is 2.47 bits per heavy atom. The second kappa shape index (κ2) is 4.28. The average molecular weight is 319 g/mol. The molecule has 2 aromatic carbocycles. The molecule has 0 radical (unpaired) electrons. The molecule has 19 heavy (non-hydrogen) atoms. The van der Waals surface area contributed by atoms with Gasteiger partial charge in [-0.05, 0) is 30.3 Å². The SMILES string of the molecule is Cn1c(-c2c(O)cccc2O)nc2cc(Br)ccc21. The van der Waals surface area contributed by atoms with Gasteiger partial charge in [0.2, 0.25) is 0 Å². The summed E-state index contributed by atoms with van der Waals surface area (Å²) in [5, 5.41) is 19.9. The second-order valence-electron chi connectivity index (χ2n) is 4.30. The molecule has 1 heterocycles. The second-order valence-corrected chi connectivity index (χ2v) is 5.21. The Hall–Kier alpha value is -2.01. The first-order valence-corrected chi connectivity index (χ1v) is 6.50. The van der Waals surface area contributed by atoms with Crippen molar-refractivity contribution in [1.82, 2.24) is 9.55 Å². The number of hydrogen-bond acceptors (Lipinski definition) is 3. The number of phenolic OH excluding ortho intramolecular Hbond substituents is 2. The molecule has 0 fully saturated rings. The van der Waals surface area contributed by atoms with Crippen LogP contribution in [0.1, 0.15) is 0 Å². The molecule has 0 unspecified atom stereocenters. The van der Waals surface area contributed by atoms with Crippen LogP contribution >= 0.6 is 15.9 Å². The quantitative estimate of drug-likeness (QED) is 0.722. The largest absolute Gasteiger partial charge is 0.507 e. The topological polar surface area (TPSA) is 58.3 Å². The number of benzene rings is 2. The molecule has 0 aliphatic carbocycles. The molecular formula is C14H11BrN2O2. The maximum Gasteiger partial charge on any atom is 0.148 e. The van der Waals surface area contributed by atoms with Gasteiger partial charge in [-0.3, -0.25) is 0 Å². The van der Waals surface area contributed by atoms with Crippen LogP contribution in [0.2, 0.25) is 0 Å². The minimum absolute atomic E-state index is 0.0115. The predicted molar refractivity (Wildman–Crippen MR) is 77.2 cm³/mol. The molecule has 3 aromatic rings. The van der Waals surface area contributed by atoms with Crippen LogP contribution in [0.3, 0.4) is 0 Å². The van der Waals surface area contributed by atoms with Gasteiger partial charge < -0.3 is 14.8 Å². The molecule has 0 spiro atoms. The minimum Gasteiger partial charge on any atom is -0.507 e. The Bertz CT molecular complexity index is 760. The van der Waals surface area contributed by atoms with E-state index in [1.165, 1.54) is 12.1 Å². The highest BCUT2D eigenvalue weighted by Gasteiger charge is 2.16. The van der Waals surface area contributed by atoms with Crippen molar-refractivity contribution in [3.05, 3.63) is 40.9 Å². The minimum atomic E-state index is 0.0115. The van der Waals surface area contributed by atoms with Gasteiger partial charge in [0, 0.05) is 11.5 Å². The van der Waals surface area contributed by atoms with Gasteiger partial charge in [-0.1, -0.05) is 22.0 Å². The first-order valence-electron chi connectivity index (χ1n) is 5.71. The molecule has 96 valence electrons. The lowest BCUT2D eigenvalue weighted by molar-refractivity contribution is 0.453. The molecule has 2 N–H and O–H groups in total. The van der Waals surface area contributed by atoms with Crippen molar-refractivity contribution in [3.8, 4) is 22.9 Å². The number of aryl methyl sites for hydroxylation is 1. The maximum atomic E-state index is 9.93. The van der Waals surface area contributed by atoms with Gasteiger partial charge in [0.15, 0.2) is 0 Å². The first-order chi connectivity index (χ1) is 9.08. The highest BCUT2D eigenvalue weighted by atomic mass is 79.9. The predicted octanol–water partition coefficient (Wildman–Crippen LogP) is 3.41. The van der Waals surface area contributed by atoms with Crippen molar-refractivity contribution < 1.29 is 10.2 Å². The number of imidazole rings is 1. The zero-order chi connectivity index (χ0) is 13.6. The summed E-state index contributed by atoms with van der Waals surface area (Å²) in [6.07, 6.45) is 0. The highest BCUT2D eigenvalue weighted by Crippen LogP contribution is 2.37. The Labute approximate surface area is 118 Å². The van der Waals surface area contributed by atoms with E-state index in [0.29, 0.717) is 11.4 Å². The van der Waals surface area contributed by atoms with E-state index >= 15 is 0 Å². The Morgan fingerprint density at radius 2 is 1.79 bits per heavy atom. The van der Waals surface area contributed by atoms with E-state index in [1.54, 1.807) is 6.07 Å². The van der Waals surface area contributed by atoms with E-state index in [0.717, 1.165) is 15.5 Å². The van der Waals surface area contributed by atoms with Crippen LogP contribution in [0.15, 0.2) is 40.9 Å². The molecular weight excluding hydrogens is 308 g/mol. The third kappa shape index (κ3) is 1.86. The monoisotopic (exact) mass is 318 g/mol. The van der Waals surface area contributed by atoms with Gasteiger partial charge in [-0.25, -0.2) is 4.98 Å². The lowest BCUT2D eigenvalue weighted by Crippen LogP contribution is -1.93. The molecule has 1 aromatic heterocycles. The van der Waals surface area contributed by atoms with Crippen molar-refractivity contribution >= 4 is 27.0 Å². The molecule has 0 saturated carbocycles. The van der Waals surface area contributed by atoms with Crippen molar-refractivity contribution in [3.63, 3.8) is 0 Å². The van der Waals surface area contributed by atoms with Crippen molar-refractivity contribution in [2.75, 3.05) is 0 Å². The summed E-state index contributed by atoms with van der Waals surface area (Å²) in [6.45, 7) is 0. The lowest BCUT2D eigenvalue weighted by Gasteiger charge is -2.06. The molecule has 0 bridgehead atoms. The third-order valence-corrected chi connectivity index (χ3v) is 3.58. The van der Waals surface area contributed by atoms with Gasteiger partial charge in [-0.15, -0.1) is 0 Å². The maximum absolute atomic E-state index is 9.93. The van der Waals surface area contributed by atoms with Crippen LogP contribution in [-0.4, -0.2) is 19.8 Å². The van der Waals surface area contributed by atoms with E-state index in [-0.39, 0.29) is 11.5 Å². The summed E-state index contributed by atoms with van der Waals surface area (Å²) >= 11 is 3.40. The van der Waals surface area contributed by atoms with Crippen molar-refractivity contribution in [1.29, 1.82) is 0 Å². The number of aromatic nitrogens is 2. The fourth-order valence-corrected chi connectivity index (χ4v) is 2.50. The number of rotatable bonds is 1. The number of phenols is 2. The van der Waals surface area contributed by atoms with Gasteiger partial charge in [-0.2, -0.15) is 0 Å². The lowest BCUT2D eigenvalue weighted by atomic mass is 10.1. The summed E-state index contributed by atoms with van der Waals surface area (Å²) in [6, 6.07) is 10.4. The Kier molecular flexibility index (Phi) is 2.71. The van der Waals surface area contributed by atoms with Gasteiger partial charge in [0.25, 0.3) is 0 Å². The van der Waals surface area contributed by atoms with Gasteiger partial charge in [0.05, 0.1) is 11.0 Å². The summed E-state index contributed by atoms with van der Waals surface area (Å²) in [7, 11) is 1.85. The zero-order valence-corrected chi connectivity index (χ0v) is 11.7. The van der Waals surface area contributed by atoms with Gasteiger partial charge in [0.1, 0.15) is 22.9 Å². The Balaban J connectivity index is 2.34. The van der Waals surface area contributed by atoms with E-state index in [2.05, 4.69) is 20.9 Å². The van der Waals surface area contributed by atoms with E-state index in [1.807, 2.05) is 29.8 Å². The number of halogens is 1. The van der Waals surface area contributed by atoms with Crippen molar-refractivity contribution in [2.45, 2.75) is 0 Å². The van der Waals surface area contributed by atoms with Crippen LogP contribution in [0, 0.1) is 0 Å². The fraction of sp³-hybridized carbons (Fsp3) is 0.0714. The summed E-state index contributed by atoms with van der Waals surface area (Å²) < 4.78 is 2.78. The average Bonchev–Trinajstić information content (AvgIpc) is 2.66. The smallest absolute Gasteiger partial charge is 0.148 e. The molecule has 0 amide bonds. The summed E-state index contributed by atoms with van der Waals surface area (Å²) in [5.41, 5.74) is 2.08. The van der Waals surface area contributed by atoms with Crippen LogP contribution in [0.5, 0.6) is 11.5 Å². The summed E-state index contributed by atoms with van der Waals surface area (Å²) in [4.78, 5) is 4.48. The number of nitrogens with zero attached hydrogens (tertiary/aromatic N) is 2. The Morgan fingerprint density at radius 1 is 1.11 bits per heavy atom. The molecule has 0 atom stereocenters. The molecule has 0 aliphatic heterocycles. The van der Waals surface area contributed by atoms with Crippen LogP contribution in [0.4, 0.5) is 0 Å². The van der Waals surface area contributed by atoms with Crippen LogP contribution in [0.25, 0.3) is 22.4 Å². The van der Waals surface area contributed by atoms with Crippen molar-refractivity contribution in [2.24, 2.45) is 7.05 Å². The van der Waals surface area contributed by atoms with E-state index in [9.17, 15) is 10.2 Å². The number of hydrogen-bond donors (Lipinski definition) is 2. The third-order valence-electron chi connectivity index (χ3n) is 3.09. The van der Waals surface area contributed by atoms with Crippen LogP contribution < -0.4 is 0 Å². The number of fused-ring (bicyclic) bond motifs is 1. The fourth-order valence-electron chi connectivity index (χ4n) is 2.15. The highest BCUT2D eigenvalue weighted by molar-refractivity contribution is 9.10. The van der Waals surface area contributed by atoms with E-state index in [4.69, 9.17) is 0 Å². The standard InChI is InChI=1S/C14H11BrN2O2/c1-17-10-6-5-8(15)7-9(10)16-14(17)13-11(18)3-2-4-12(13)19/h2-7,18-19H,1H3. The molecule has 0 aliphatic rings. The molecule has 4 nitrogen and oxygen atoms in total. The number of aromatic hydroxyl groups is 2. The summed E-state index contributed by atoms with van der Waals surface area (Å²) in [5.74, 6) is 0.554. The van der Waals surface area contributed by atoms with E-state index < -0.39 is 0 Å². The molecule has 0 saturated heterocycles.